The summed E-state index contributed by atoms with van der Waals surface area (Å²) in [6.45, 7) is 1.45. The Bertz CT molecular complexity index is 551. The van der Waals surface area contributed by atoms with Crippen LogP contribution in [0.3, 0.4) is 0 Å². The van der Waals surface area contributed by atoms with E-state index in [1.165, 1.54) is 14.0 Å². The van der Waals surface area contributed by atoms with E-state index in [0.29, 0.717) is 18.0 Å². The molecule has 0 amide bonds. The van der Waals surface area contributed by atoms with Crippen molar-refractivity contribution in [3.8, 4) is 5.88 Å². The van der Waals surface area contributed by atoms with Gasteiger partial charge in [-0.15, -0.1) is 0 Å². The van der Waals surface area contributed by atoms with Gasteiger partial charge in [-0.2, -0.15) is 0 Å². The number of nitrogens with zero attached hydrogens (tertiary/aromatic N) is 1. The van der Waals surface area contributed by atoms with Crippen LogP contribution in [-0.2, 0) is 20.9 Å². The molecule has 1 atom stereocenters. The first-order valence-corrected chi connectivity index (χ1v) is 6.46. The molecule has 1 aliphatic carbocycles. The van der Waals surface area contributed by atoms with E-state index in [0.717, 1.165) is 12.0 Å². The molecule has 2 rings (SSSR count). The van der Waals surface area contributed by atoms with Crippen LogP contribution in [0.15, 0.2) is 24.3 Å². The van der Waals surface area contributed by atoms with Crippen LogP contribution < -0.4 is 4.74 Å². The maximum Gasteiger partial charge on any atom is 0.303 e. The van der Waals surface area contributed by atoms with E-state index in [4.69, 9.17) is 9.47 Å². The molecule has 0 aromatic carbocycles. The largest absolute Gasteiger partial charge is 0.481 e. The molecule has 1 unspecified atom stereocenters. The van der Waals surface area contributed by atoms with Crippen molar-refractivity contribution < 1.29 is 19.1 Å². The molecule has 0 radical (unpaired) electrons. The minimum Gasteiger partial charge on any atom is -0.481 e. The van der Waals surface area contributed by atoms with Gasteiger partial charge < -0.3 is 9.47 Å². The van der Waals surface area contributed by atoms with Crippen molar-refractivity contribution >= 4 is 11.8 Å². The molecule has 106 valence electrons. The van der Waals surface area contributed by atoms with E-state index in [1.807, 2.05) is 12.1 Å². The second kappa shape index (κ2) is 6.32. The van der Waals surface area contributed by atoms with Crippen LogP contribution in [0, 0.1) is 0 Å². The molecule has 0 bridgehead atoms. The first kappa shape index (κ1) is 14.2. The molecule has 1 aliphatic rings. The summed E-state index contributed by atoms with van der Waals surface area (Å²) in [5.41, 5.74) is 1.58. The standard InChI is InChI=1S/C15H17NO4/c1-10(17)20-9-14-13(6-7-15(16-14)19-2)11-4-3-5-12(18)8-11/h3,5-7,11H,4,8-9H2,1-2H3. The smallest absolute Gasteiger partial charge is 0.303 e. The van der Waals surface area contributed by atoms with Crippen LogP contribution >= 0.6 is 0 Å². The van der Waals surface area contributed by atoms with E-state index >= 15 is 0 Å². The first-order chi connectivity index (χ1) is 9.60. The molecule has 1 heterocycles. The van der Waals surface area contributed by atoms with Gasteiger partial charge in [0.15, 0.2) is 5.78 Å². The van der Waals surface area contributed by atoms with Gasteiger partial charge in [0.2, 0.25) is 5.88 Å². The number of hydrogen-bond acceptors (Lipinski definition) is 5. The van der Waals surface area contributed by atoms with Gasteiger partial charge in [-0.3, -0.25) is 9.59 Å². The maximum absolute atomic E-state index is 11.5. The fourth-order valence-electron chi connectivity index (χ4n) is 2.26. The van der Waals surface area contributed by atoms with Crippen molar-refractivity contribution in [2.45, 2.75) is 32.3 Å². The van der Waals surface area contributed by atoms with Gasteiger partial charge in [-0.1, -0.05) is 12.1 Å². The number of rotatable bonds is 4. The first-order valence-electron chi connectivity index (χ1n) is 6.46. The maximum atomic E-state index is 11.5. The minimum atomic E-state index is -0.361. The van der Waals surface area contributed by atoms with Crippen LogP contribution in [-0.4, -0.2) is 23.8 Å². The van der Waals surface area contributed by atoms with Gasteiger partial charge in [0.1, 0.15) is 6.61 Å². The lowest BCUT2D eigenvalue weighted by Crippen LogP contribution is -2.13. The molecule has 5 nitrogen and oxygen atoms in total. The van der Waals surface area contributed by atoms with Crippen LogP contribution in [0.2, 0.25) is 0 Å². The number of allylic oxidation sites excluding steroid dienone is 2. The average Bonchev–Trinajstić information content (AvgIpc) is 2.44. The van der Waals surface area contributed by atoms with Crippen LogP contribution in [0.1, 0.15) is 36.9 Å². The van der Waals surface area contributed by atoms with Gasteiger partial charge in [0.05, 0.1) is 12.8 Å². The Morgan fingerprint density at radius 1 is 1.45 bits per heavy atom. The van der Waals surface area contributed by atoms with Crippen molar-refractivity contribution in [1.82, 2.24) is 4.98 Å². The second-order valence-electron chi connectivity index (χ2n) is 4.68. The highest BCUT2D eigenvalue weighted by Crippen LogP contribution is 2.31. The number of carbonyl (C=O) groups excluding carboxylic acids is 2. The lowest BCUT2D eigenvalue weighted by molar-refractivity contribution is -0.142. The number of carbonyl (C=O) groups is 2. The van der Waals surface area contributed by atoms with Gasteiger partial charge >= 0.3 is 5.97 Å². The summed E-state index contributed by atoms with van der Waals surface area (Å²) in [4.78, 5) is 26.8. The van der Waals surface area contributed by atoms with E-state index in [-0.39, 0.29) is 24.3 Å². The third kappa shape index (κ3) is 3.44. The zero-order valence-electron chi connectivity index (χ0n) is 11.6. The van der Waals surface area contributed by atoms with Gasteiger partial charge in [-0.25, -0.2) is 4.98 Å². The number of hydrogen-bond donors (Lipinski definition) is 0. The number of esters is 1. The quantitative estimate of drug-likeness (QED) is 0.788. The highest BCUT2D eigenvalue weighted by atomic mass is 16.5. The third-order valence-electron chi connectivity index (χ3n) is 3.22. The summed E-state index contributed by atoms with van der Waals surface area (Å²) in [6.07, 6.45) is 4.72. The monoisotopic (exact) mass is 275 g/mol. The molecule has 0 saturated heterocycles. The summed E-state index contributed by atoms with van der Waals surface area (Å²) in [5.74, 6) is 0.292. The summed E-state index contributed by atoms with van der Waals surface area (Å²) in [5, 5.41) is 0. The number of aromatic nitrogens is 1. The molecule has 5 heteroatoms. The fraction of sp³-hybridized carbons (Fsp3) is 0.400. The number of ether oxygens (including phenoxy) is 2. The van der Waals surface area contributed by atoms with Crippen molar-refractivity contribution in [2.75, 3.05) is 7.11 Å². The molecule has 1 aromatic rings. The fourth-order valence-corrected chi connectivity index (χ4v) is 2.26. The summed E-state index contributed by atoms with van der Waals surface area (Å²) >= 11 is 0. The van der Waals surface area contributed by atoms with Crippen molar-refractivity contribution in [1.29, 1.82) is 0 Å². The molecule has 20 heavy (non-hydrogen) atoms. The SMILES string of the molecule is COc1ccc(C2CC=CC(=O)C2)c(COC(C)=O)n1. The van der Waals surface area contributed by atoms with Crippen LogP contribution in [0.25, 0.3) is 0 Å². The van der Waals surface area contributed by atoms with E-state index in [2.05, 4.69) is 4.98 Å². The Kier molecular flexibility index (Phi) is 4.50. The third-order valence-corrected chi connectivity index (χ3v) is 3.22. The number of ketones is 1. The second-order valence-corrected chi connectivity index (χ2v) is 4.68. The minimum absolute atomic E-state index is 0.0801. The summed E-state index contributed by atoms with van der Waals surface area (Å²) < 4.78 is 10.1. The highest BCUT2D eigenvalue weighted by molar-refractivity contribution is 5.91. The Morgan fingerprint density at radius 2 is 2.25 bits per heavy atom. The molecule has 0 saturated carbocycles. The van der Waals surface area contributed by atoms with Crippen molar-refractivity contribution in [3.05, 3.63) is 35.5 Å². The number of pyridine rings is 1. The summed E-state index contributed by atoms with van der Waals surface area (Å²) in [6, 6.07) is 3.65. The van der Waals surface area contributed by atoms with Gasteiger partial charge in [0.25, 0.3) is 0 Å². The zero-order chi connectivity index (χ0) is 14.5. The summed E-state index contributed by atoms with van der Waals surface area (Å²) in [7, 11) is 1.53. The molecule has 0 fully saturated rings. The van der Waals surface area contributed by atoms with E-state index < -0.39 is 0 Å². The lowest BCUT2D eigenvalue weighted by atomic mass is 9.86. The molecule has 0 spiro atoms. The van der Waals surface area contributed by atoms with Gasteiger partial charge in [0, 0.05) is 19.4 Å². The Morgan fingerprint density at radius 3 is 2.90 bits per heavy atom. The molecule has 0 aliphatic heterocycles. The Balaban J connectivity index is 2.28. The van der Waals surface area contributed by atoms with Crippen molar-refractivity contribution in [3.63, 3.8) is 0 Å². The van der Waals surface area contributed by atoms with Crippen molar-refractivity contribution in [2.24, 2.45) is 0 Å². The average molecular weight is 275 g/mol. The van der Waals surface area contributed by atoms with E-state index in [9.17, 15) is 9.59 Å². The molecular weight excluding hydrogens is 258 g/mol. The Hall–Kier alpha value is -2.17. The number of methoxy groups -OCH3 is 1. The predicted molar refractivity (Wildman–Crippen MR) is 72.4 cm³/mol. The van der Waals surface area contributed by atoms with Crippen LogP contribution in [0.4, 0.5) is 0 Å². The van der Waals surface area contributed by atoms with Gasteiger partial charge in [-0.05, 0) is 24.0 Å². The highest BCUT2D eigenvalue weighted by Gasteiger charge is 2.21. The Labute approximate surface area is 117 Å². The van der Waals surface area contributed by atoms with E-state index in [1.54, 1.807) is 12.1 Å². The topological polar surface area (TPSA) is 65.5 Å². The molecule has 0 N–H and O–H groups in total. The molecule has 1 aromatic heterocycles. The van der Waals surface area contributed by atoms with Crippen LogP contribution in [0.5, 0.6) is 5.88 Å². The zero-order valence-corrected chi connectivity index (χ0v) is 11.6. The molecular formula is C15H17NO4. The normalized spacial score (nSPS) is 17.9. The predicted octanol–water partition coefficient (Wildman–Crippen LogP) is 2.16. The lowest BCUT2D eigenvalue weighted by Gasteiger charge is -2.20.